The third-order valence-electron chi connectivity index (χ3n) is 1.61. The summed E-state index contributed by atoms with van der Waals surface area (Å²) in [6.45, 7) is 0. The molecular formula is C9H9Br2N3O2. The standard InChI is InChI=1S/C9H9Br2N3O2/c1-16-8-6(10)2-5(3-7(8)11)4-13-14-9(12)15/h2-4H,1H3,(H3,12,14,15)/b13-4-. The summed E-state index contributed by atoms with van der Waals surface area (Å²) in [6.07, 6.45) is 1.47. The van der Waals surface area contributed by atoms with Gasteiger partial charge in [0.15, 0.2) is 0 Å². The van der Waals surface area contributed by atoms with Crippen molar-refractivity contribution < 1.29 is 9.53 Å². The molecule has 86 valence electrons. The summed E-state index contributed by atoms with van der Waals surface area (Å²) >= 11 is 6.70. The summed E-state index contributed by atoms with van der Waals surface area (Å²) < 4.78 is 6.71. The largest absolute Gasteiger partial charge is 0.494 e. The predicted octanol–water partition coefficient (Wildman–Crippen LogP) is 2.22. The number of nitrogens with two attached hydrogens (primary N) is 1. The molecule has 0 heterocycles. The number of urea groups is 1. The number of halogens is 2. The highest BCUT2D eigenvalue weighted by Gasteiger charge is 2.06. The molecule has 0 saturated heterocycles. The van der Waals surface area contributed by atoms with Crippen LogP contribution in [-0.4, -0.2) is 19.4 Å². The van der Waals surface area contributed by atoms with Crippen LogP contribution in [0.4, 0.5) is 4.79 Å². The first-order valence-corrected chi connectivity index (χ1v) is 5.74. The lowest BCUT2D eigenvalue weighted by atomic mass is 10.2. The SMILES string of the molecule is COc1c(Br)cc(/C=N\NC(N)=O)cc1Br. The molecule has 0 aliphatic heterocycles. The molecule has 0 aromatic heterocycles. The van der Waals surface area contributed by atoms with Crippen molar-refractivity contribution in [1.29, 1.82) is 0 Å². The average molecular weight is 351 g/mol. The second-order valence-electron chi connectivity index (χ2n) is 2.75. The number of methoxy groups -OCH3 is 1. The van der Waals surface area contributed by atoms with E-state index in [0.29, 0.717) is 5.75 Å². The maximum atomic E-state index is 10.4. The Bertz CT molecular complexity index is 412. The molecule has 7 heteroatoms. The van der Waals surface area contributed by atoms with E-state index in [2.05, 4.69) is 42.4 Å². The zero-order valence-electron chi connectivity index (χ0n) is 8.33. The number of ether oxygens (including phenoxy) is 1. The van der Waals surface area contributed by atoms with Crippen LogP contribution in [-0.2, 0) is 0 Å². The Hall–Kier alpha value is -1.08. The van der Waals surface area contributed by atoms with Crippen molar-refractivity contribution in [2.75, 3.05) is 7.11 Å². The predicted molar refractivity (Wildman–Crippen MR) is 68.7 cm³/mol. The zero-order valence-corrected chi connectivity index (χ0v) is 11.5. The lowest BCUT2D eigenvalue weighted by Crippen LogP contribution is -2.24. The van der Waals surface area contributed by atoms with Crippen LogP contribution in [0.2, 0.25) is 0 Å². The number of carbonyl (C=O) groups is 1. The Morgan fingerprint density at radius 3 is 2.50 bits per heavy atom. The maximum absolute atomic E-state index is 10.4. The summed E-state index contributed by atoms with van der Waals surface area (Å²) in [5.41, 5.74) is 7.75. The highest BCUT2D eigenvalue weighted by Crippen LogP contribution is 2.33. The summed E-state index contributed by atoms with van der Waals surface area (Å²) in [4.78, 5) is 10.4. The van der Waals surface area contributed by atoms with Crippen LogP contribution in [0.1, 0.15) is 5.56 Å². The zero-order chi connectivity index (χ0) is 12.1. The van der Waals surface area contributed by atoms with Crippen molar-refractivity contribution >= 4 is 44.1 Å². The molecule has 1 rings (SSSR count). The van der Waals surface area contributed by atoms with Gasteiger partial charge >= 0.3 is 6.03 Å². The Labute approximate surface area is 109 Å². The minimum absolute atomic E-state index is 0.694. The van der Waals surface area contributed by atoms with Crippen LogP contribution < -0.4 is 15.9 Å². The van der Waals surface area contributed by atoms with Gasteiger partial charge in [0.05, 0.1) is 22.3 Å². The Kier molecular flexibility index (Phi) is 4.75. The second kappa shape index (κ2) is 5.86. The van der Waals surface area contributed by atoms with Gasteiger partial charge in [-0.15, -0.1) is 0 Å². The minimum Gasteiger partial charge on any atom is -0.494 e. The van der Waals surface area contributed by atoms with E-state index >= 15 is 0 Å². The average Bonchev–Trinajstić information content (AvgIpc) is 2.16. The molecule has 0 aliphatic rings. The van der Waals surface area contributed by atoms with Crippen molar-refractivity contribution in [1.82, 2.24) is 5.43 Å². The molecule has 2 amide bonds. The van der Waals surface area contributed by atoms with Gasteiger partial charge in [0.1, 0.15) is 5.75 Å². The fourth-order valence-corrected chi connectivity index (χ4v) is 2.57. The molecule has 16 heavy (non-hydrogen) atoms. The van der Waals surface area contributed by atoms with Crippen LogP contribution in [0.3, 0.4) is 0 Å². The van der Waals surface area contributed by atoms with Gasteiger partial charge in [0.2, 0.25) is 0 Å². The quantitative estimate of drug-likeness (QED) is 0.647. The first-order chi connectivity index (χ1) is 7.54. The van der Waals surface area contributed by atoms with E-state index in [1.807, 2.05) is 0 Å². The molecule has 3 N–H and O–H groups in total. The molecule has 0 aliphatic carbocycles. The van der Waals surface area contributed by atoms with Crippen molar-refractivity contribution in [2.24, 2.45) is 10.8 Å². The van der Waals surface area contributed by atoms with Crippen LogP contribution in [0.5, 0.6) is 5.75 Å². The third kappa shape index (κ3) is 3.49. The van der Waals surface area contributed by atoms with Gasteiger partial charge in [-0.1, -0.05) is 0 Å². The Morgan fingerprint density at radius 1 is 1.50 bits per heavy atom. The van der Waals surface area contributed by atoms with Gasteiger partial charge in [-0.05, 0) is 49.6 Å². The molecule has 0 bridgehead atoms. The van der Waals surface area contributed by atoms with Gasteiger partial charge in [-0.25, -0.2) is 10.2 Å². The van der Waals surface area contributed by atoms with Gasteiger partial charge in [0, 0.05) is 0 Å². The first kappa shape index (κ1) is 13.0. The topological polar surface area (TPSA) is 76.7 Å². The lowest BCUT2D eigenvalue weighted by Gasteiger charge is -2.06. The molecule has 1 aromatic carbocycles. The molecule has 0 fully saturated rings. The molecular weight excluding hydrogens is 342 g/mol. The van der Waals surface area contributed by atoms with E-state index in [4.69, 9.17) is 10.5 Å². The number of nitrogens with one attached hydrogen (secondary N) is 1. The molecule has 1 aromatic rings. The van der Waals surface area contributed by atoms with Crippen LogP contribution in [0.15, 0.2) is 26.2 Å². The molecule has 0 radical (unpaired) electrons. The van der Waals surface area contributed by atoms with Crippen molar-refractivity contribution in [3.05, 3.63) is 26.6 Å². The summed E-state index contributed by atoms with van der Waals surface area (Å²) in [5.74, 6) is 0.694. The number of benzene rings is 1. The Morgan fingerprint density at radius 2 is 2.06 bits per heavy atom. The van der Waals surface area contributed by atoms with Crippen molar-refractivity contribution in [3.8, 4) is 5.75 Å². The van der Waals surface area contributed by atoms with E-state index in [1.165, 1.54) is 6.21 Å². The number of nitrogens with zero attached hydrogens (tertiary/aromatic N) is 1. The smallest absolute Gasteiger partial charge is 0.332 e. The third-order valence-corrected chi connectivity index (χ3v) is 2.79. The number of hydrogen-bond acceptors (Lipinski definition) is 3. The summed E-state index contributed by atoms with van der Waals surface area (Å²) in [6, 6.07) is 2.90. The van der Waals surface area contributed by atoms with E-state index in [9.17, 15) is 4.79 Å². The van der Waals surface area contributed by atoms with Crippen LogP contribution >= 0.6 is 31.9 Å². The number of hydrazone groups is 1. The number of amides is 2. The molecule has 5 nitrogen and oxygen atoms in total. The Balaban J connectivity index is 2.91. The lowest BCUT2D eigenvalue weighted by molar-refractivity contribution is 0.249. The van der Waals surface area contributed by atoms with Gasteiger partial charge < -0.3 is 10.5 Å². The number of hydrogen-bond donors (Lipinski definition) is 2. The van der Waals surface area contributed by atoms with E-state index < -0.39 is 6.03 Å². The summed E-state index contributed by atoms with van der Waals surface area (Å²) in [7, 11) is 1.58. The number of primary amides is 1. The van der Waals surface area contributed by atoms with Gasteiger partial charge in [-0.2, -0.15) is 5.10 Å². The molecule has 0 spiro atoms. The second-order valence-corrected chi connectivity index (χ2v) is 4.46. The van der Waals surface area contributed by atoms with Crippen molar-refractivity contribution in [2.45, 2.75) is 0 Å². The minimum atomic E-state index is -0.706. The van der Waals surface area contributed by atoms with E-state index in [0.717, 1.165) is 14.5 Å². The van der Waals surface area contributed by atoms with Crippen LogP contribution in [0, 0.1) is 0 Å². The summed E-state index contributed by atoms with van der Waals surface area (Å²) in [5, 5.41) is 3.65. The maximum Gasteiger partial charge on any atom is 0.332 e. The van der Waals surface area contributed by atoms with Crippen molar-refractivity contribution in [3.63, 3.8) is 0 Å². The number of carbonyl (C=O) groups excluding carboxylic acids is 1. The molecule has 0 atom stereocenters. The fourth-order valence-electron chi connectivity index (χ4n) is 1.02. The van der Waals surface area contributed by atoms with E-state index in [1.54, 1.807) is 19.2 Å². The first-order valence-electron chi connectivity index (χ1n) is 4.16. The molecule has 0 saturated carbocycles. The van der Waals surface area contributed by atoms with E-state index in [-0.39, 0.29) is 0 Å². The van der Waals surface area contributed by atoms with Crippen LogP contribution in [0.25, 0.3) is 0 Å². The normalized spacial score (nSPS) is 10.4. The highest BCUT2D eigenvalue weighted by atomic mass is 79.9. The van der Waals surface area contributed by atoms with Gasteiger partial charge in [0.25, 0.3) is 0 Å². The van der Waals surface area contributed by atoms with Gasteiger partial charge in [-0.3, -0.25) is 0 Å². The molecule has 0 unspecified atom stereocenters. The highest BCUT2D eigenvalue weighted by molar-refractivity contribution is 9.11. The monoisotopic (exact) mass is 349 g/mol. The number of rotatable bonds is 3. The fraction of sp³-hybridized carbons (Fsp3) is 0.111.